The number of esters is 1. The molecule has 3 rings (SSSR count). The summed E-state index contributed by atoms with van der Waals surface area (Å²) in [6.07, 6.45) is 1.84. The van der Waals surface area contributed by atoms with Gasteiger partial charge < -0.3 is 20.3 Å². The van der Waals surface area contributed by atoms with E-state index in [-0.39, 0.29) is 23.1 Å². The summed E-state index contributed by atoms with van der Waals surface area (Å²) >= 11 is 1.55. The molecule has 1 aliphatic heterocycles. The van der Waals surface area contributed by atoms with Crippen molar-refractivity contribution < 1.29 is 14.3 Å². The van der Waals surface area contributed by atoms with Gasteiger partial charge in [-0.25, -0.2) is 0 Å². The summed E-state index contributed by atoms with van der Waals surface area (Å²) in [5.74, 6) is -1.29. The zero-order chi connectivity index (χ0) is 25.2. The Kier molecular flexibility index (Phi) is 9.86. The molecule has 0 radical (unpaired) electrons. The maximum atomic E-state index is 12.9. The number of anilines is 2. The van der Waals surface area contributed by atoms with Gasteiger partial charge in [0.1, 0.15) is 5.92 Å². The lowest BCUT2D eigenvalue weighted by atomic mass is 10.0. The number of nitriles is 1. The fraction of sp³-hybridized carbons (Fsp3) is 0.444. The predicted molar refractivity (Wildman–Crippen MR) is 141 cm³/mol. The van der Waals surface area contributed by atoms with Crippen molar-refractivity contribution in [3.8, 4) is 6.07 Å². The molecule has 8 heteroatoms. The van der Waals surface area contributed by atoms with Crippen LogP contribution in [0.5, 0.6) is 0 Å². The third-order valence-corrected chi connectivity index (χ3v) is 7.60. The van der Waals surface area contributed by atoms with Crippen molar-refractivity contribution in [2.45, 2.75) is 43.7 Å². The van der Waals surface area contributed by atoms with Gasteiger partial charge in [-0.2, -0.15) is 5.26 Å². The number of hydrogen-bond donors (Lipinski definition) is 2. The van der Waals surface area contributed by atoms with Gasteiger partial charge in [0.2, 0.25) is 5.91 Å². The molecule has 1 heterocycles. The van der Waals surface area contributed by atoms with Crippen LogP contribution in [0.25, 0.3) is 0 Å². The molecule has 35 heavy (non-hydrogen) atoms. The Hall–Kier alpha value is -3.18. The molecular formula is C27H34N4O3S. The van der Waals surface area contributed by atoms with E-state index in [1.54, 1.807) is 23.6 Å². The number of hydrogen-bond acceptors (Lipinski definition) is 7. The first-order valence-corrected chi connectivity index (χ1v) is 13.0. The third-order valence-electron chi connectivity index (χ3n) is 6.07. The third kappa shape index (κ3) is 7.15. The van der Waals surface area contributed by atoms with Gasteiger partial charge in [0.25, 0.3) is 0 Å². The molecule has 186 valence electrons. The zero-order valence-corrected chi connectivity index (χ0v) is 21.4. The predicted octanol–water partition coefficient (Wildman–Crippen LogP) is 4.50. The number of rotatable bonds is 12. The van der Waals surface area contributed by atoms with Crippen LogP contribution in [0.4, 0.5) is 11.4 Å². The molecule has 3 atom stereocenters. The van der Waals surface area contributed by atoms with Gasteiger partial charge in [0, 0.05) is 37.9 Å². The summed E-state index contributed by atoms with van der Waals surface area (Å²) in [4.78, 5) is 26.7. The molecule has 0 aromatic heterocycles. The number of amides is 1. The van der Waals surface area contributed by atoms with Gasteiger partial charge in [-0.3, -0.25) is 9.59 Å². The first-order valence-electron chi connectivity index (χ1n) is 12.1. The Balaban J connectivity index is 1.49. The van der Waals surface area contributed by atoms with Gasteiger partial charge in [0.05, 0.1) is 23.3 Å². The molecule has 1 amide bonds. The van der Waals surface area contributed by atoms with Gasteiger partial charge in [-0.15, -0.1) is 11.8 Å². The first kappa shape index (κ1) is 26.4. The van der Waals surface area contributed by atoms with E-state index < -0.39 is 11.9 Å². The summed E-state index contributed by atoms with van der Waals surface area (Å²) in [6.45, 7) is 5.11. The molecule has 0 spiro atoms. The number of thioether (sulfide) groups is 1. The molecule has 1 fully saturated rings. The lowest BCUT2D eigenvalue weighted by molar-refractivity contribution is -0.146. The van der Waals surface area contributed by atoms with Crippen molar-refractivity contribution >= 4 is 35.0 Å². The number of carbonyl (C=O) groups is 2. The topological polar surface area (TPSA) is 94.5 Å². The average molecular weight is 495 g/mol. The quantitative estimate of drug-likeness (QED) is 0.420. The zero-order valence-electron chi connectivity index (χ0n) is 20.6. The Morgan fingerprint density at radius 1 is 1.11 bits per heavy atom. The molecule has 0 saturated carbocycles. The Labute approximate surface area is 212 Å². The van der Waals surface area contributed by atoms with Crippen molar-refractivity contribution in [1.82, 2.24) is 4.90 Å². The van der Waals surface area contributed by atoms with E-state index in [1.807, 2.05) is 20.0 Å². The van der Waals surface area contributed by atoms with Crippen LogP contribution in [-0.2, 0) is 20.7 Å². The van der Waals surface area contributed by atoms with Crippen LogP contribution in [0, 0.1) is 17.2 Å². The van der Waals surface area contributed by atoms with Crippen LogP contribution in [0.3, 0.4) is 0 Å². The number of nitrogens with zero attached hydrogens (tertiary/aromatic N) is 2. The van der Waals surface area contributed by atoms with E-state index in [4.69, 9.17) is 4.74 Å². The van der Waals surface area contributed by atoms with Crippen LogP contribution in [0.15, 0.2) is 48.5 Å². The van der Waals surface area contributed by atoms with Crippen LogP contribution in [0.1, 0.15) is 37.8 Å². The monoisotopic (exact) mass is 494 g/mol. The summed E-state index contributed by atoms with van der Waals surface area (Å²) in [5.41, 5.74) is 4.62. The summed E-state index contributed by atoms with van der Waals surface area (Å²) in [5, 5.41) is 15.6. The van der Waals surface area contributed by atoms with Crippen LogP contribution in [-0.4, -0.2) is 54.1 Å². The molecule has 7 nitrogen and oxygen atoms in total. The number of benzene rings is 2. The Morgan fingerprint density at radius 3 is 2.29 bits per heavy atom. The van der Waals surface area contributed by atoms with Crippen molar-refractivity contribution in [2.75, 3.05) is 37.4 Å². The van der Waals surface area contributed by atoms with Crippen LogP contribution < -0.4 is 10.6 Å². The van der Waals surface area contributed by atoms with Gasteiger partial charge in [0.15, 0.2) is 0 Å². The van der Waals surface area contributed by atoms with E-state index in [0.717, 1.165) is 17.8 Å². The molecule has 3 unspecified atom stereocenters. The molecule has 0 bridgehead atoms. The number of ether oxygens (including phenoxy) is 1. The second-order valence-corrected chi connectivity index (χ2v) is 9.79. The van der Waals surface area contributed by atoms with Crippen molar-refractivity contribution in [3.63, 3.8) is 0 Å². The highest BCUT2D eigenvalue weighted by Gasteiger charge is 2.41. The van der Waals surface area contributed by atoms with Crippen LogP contribution in [0.2, 0.25) is 0 Å². The minimum absolute atomic E-state index is 0.0736. The molecule has 0 aliphatic carbocycles. The van der Waals surface area contributed by atoms with E-state index in [2.05, 4.69) is 59.2 Å². The van der Waals surface area contributed by atoms with Gasteiger partial charge in [-0.05, 0) is 62.1 Å². The summed E-state index contributed by atoms with van der Waals surface area (Å²) in [7, 11) is 1.91. The highest BCUT2D eigenvalue weighted by Crippen LogP contribution is 2.37. The van der Waals surface area contributed by atoms with Crippen molar-refractivity contribution in [3.05, 3.63) is 59.7 Å². The average Bonchev–Trinajstić information content (AvgIpc) is 3.17. The molecule has 2 aromatic carbocycles. The molecule has 1 saturated heterocycles. The maximum Gasteiger partial charge on any atom is 0.323 e. The molecular weight excluding hydrogens is 460 g/mol. The highest BCUT2D eigenvalue weighted by atomic mass is 32.2. The fourth-order valence-electron chi connectivity index (χ4n) is 4.14. The van der Waals surface area contributed by atoms with E-state index in [1.165, 1.54) is 11.1 Å². The smallest absolute Gasteiger partial charge is 0.323 e. The van der Waals surface area contributed by atoms with E-state index >= 15 is 0 Å². The second kappa shape index (κ2) is 13.1. The van der Waals surface area contributed by atoms with Crippen LogP contribution >= 0.6 is 11.8 Å². The largest absolute Gasteiger partial charge is 0.465 e. The lowest BCUT2D eigenvalue weighted by Gasteiger charge is -2.23. The molecule has 2 N–H and O–H groups in total. The second-order valence-electron chi connectivity index (χ2n) is 8.41. The van der Waals surface area contributed by atoms with Gasteiger partial charge in [-0.1, -0.05) is 24.3 Å². The molecule has 1 aliphatic rings. The maximum absolute atomic E-state index is 12.9. The standard InChI is InChI=1S/C27H34N4O3S/c1-4-31-25(17-21(18-28)27(33)34-5-2)35-24(26(31)32)14-15-30-23-12-8-20(9-13-23)16-19-6-10-22(29-3)11-7-19/h6-13,21,24-25,29-30H,4-5,14-17H2,1-3H3. The SMILES string of the molecule is CCOC(=O)C(C#N)CC1SC(CCNc2ccc(Cc3ccc(NC)cc3)cc2)C(=O)N1CC. The molecule has 2 aromatic rings. The highest BCUT2D eigenvalue weighted by molar-refractivity contribution is 8.01. The lowest BCUT2D eigenvalue weighted by Crippen LogP contribution is -2.36. The summed E-state index contributed by atoms with van der Waals surface area (Å²) in [6, 6.07) is 18.8. The normalized spacial score (nSPS) is 18.1. The fourth-order valence-corrected chi connectivity index (χ4v) is 5.73. The number of nitrogens with one attached hydrogen (secondary N) is 2. The minimum Gasteiger partial charge on any atom is -0.465 e. The van der Waals surface area contributed by atoms with Crippen molar-refractivity contribution in [2.24, 2.45) is 5.92 Å². The minimum atomic E-state index is -0.856. The Morgan fingerprint density at radius 2 is 1.74 bits per heavy atom. The number of carbonyl (C=O) groups excluding carboxylic acids is 2. The first-order chi connectivity index (χ1) is 17.0. The van der Waals surface area contributed by atoms with E-state index in [9.17, 15) is 14.9 Å². The summed E-state index contributed by atoms with van der Waals surface area (Å²) < 4.78 is 5.01. The van der Waals surface area contributed by atoms with Crippen molar-refractivity contribution in [1.29, 1.82) is 5.26 Å². The van der Waals surface area contributed by atoms with Gasteiger partial charge >= 0.3 is 5.97 Å². The van der Waals surface area contributed by atoms with E-state index in [0.29, 0.717) is 25.9 Å². The Bertz CT molecular complexity index is 1020.